The van der Waals surface area contributed by atoms with Gasteiger partial charge in [-0.25, -0.2) is 9.37 Å². The van der Waals surface area contributed by atoms with Crippen molar-refractivity contribution < 1.29 is 4.39 Å². The Balaban J connectivity index is 2.27. The molecule has 0 atom stereocenters. The summed E-state index contributed by atoms with van der Waals surface area (Å²) in [5, 5.41) is 0.492. The van der Waals surface area contributed by atoms with Crippen LogP contribution in [-0.2, 0) is 0 Å². The van der Waals surface area contributed by atoms with E-state index in [0.29, 0.717) is 22.3 Å². The minimum Gasteiger partial charge on any atom is -0.383 e. The number of rotatable bonds is 1. The molecular weight excluding hydrogens is 253 g/mol. The highest BCUT2D eigenvalue weighted by Gasteiger charge is 2.12. The smallest absolute Gasteiger partial charge is 0.140 e. The number of hydrogen-bond acceptors (Lipinski definition) is 2. The first-order chi connectivity index (χ1) is 8.66. The van der Waals surface area contributed by atoms with Crippen molar-refractivity contribution in [2.45, 2.75) is 0 Å². The SMILES string of the molecule is Nc1c(-c2ccc(F)cc2)nc2cccc(Cl)n12. The third kappa shape index (κ3) is 1.62. The number of aromatic nitrogens is 2. The number of nitrogens with two attached hydrogens (primary N) is 1. The van der Waals surface area contributed by atoms with Crippen molar-refractivity contribution in [3.8, 4) is 11.3 Å². The predicted molar refractivity (Wildman–Crippen MR) is 70.0 cm³/mol. The van der Waals surface area contributed by atoms with Crippen LogP contribution in [0.15, 0.2) is 42.5 Å². The van der Waals surface area contributed by atoms with E-state index in [1.165, 1.54) is 12.1 Å². The fourth-order valence-electron chi connectivity index (χ4n) is 1.90. The Morgan fingerprint density at radius 3 is 2.50 bits per heavy atom. The highest BCUT2D eigenvalue weighted by atomic mass is 35.5. The van der Waals surface area contributed by atoms with E-state index in [1.807, 2.05) is 6.07 Å². The maximum Gasteiger partial charge on any atom is 0.140 e. The Kier molecular flexibility index (Phi) is 2.45. The summed E-state index contributed by atoms with van der Waals surface area (Å²) in [7, 11) is 0. The number of nitrogen functional groups attached to an aromatic ring is 1. The van der Waals surface area contributed by atoms with Gasteiger partial charge in [0.05, 0.1) is 0 Å². The van der Waals surface area contributed by atoms with Crippen LogP contribution in [-0.4, -0.2) is 9.38 Å². The highest BCUT2D eigenvalue weighted by Crippen LogP contribution is 2.28. The average Bonchev–Trinajstić information content (AvgIpc) is 2.69. The molecule has 2 N–H and O–H groups in total. The number of pyridine rings is 1. The van der Waals surface area contributed by atoms with Gasteiger partial charge in [0.1, 0.15) is 28.1 Å². The van der Waals surface area contributed by atoms with Crippen molar-refractivity contribution in [1.82, 2.24) is 9.38 Å². The lowest BCUT2D eigenvalue weighted by Gasteiger charge is -2.00. The van der Waals surface area contributed by atoms with Crippen molar-refractivity contribution in [2.75, 3.05) is 5.73 Å². The van der Waals surface area contributed by atoms with Crippen LogP contribution < -0.4 is 5.73 Å². The minimum atomic E-state index is -0.292. The van der Waals surface area contributed by atoms with Gasteiger partial charge in [-0.05, 0) is 36.4 Å². The van der Waals surface area contributed by atoms with Crippen LogP contribution in [0.3, 0.4) is 0 Å². The molecular formula is C13H9ClFN3. The van der Waals surface area contributed by atoms with Gasteiger partial charge in [0.2, 0.25) is 0 Å². The van der Waals surface area contributed by atoms with Gasteiger partial charge in [0, 0.05) is 5.56 Å². The summed E-state index contributed by atoms with van der Waals surface area (Å²) >= 11 is 6.07. The molecule has 0 bridgehead atoms. The zero-order valence-corrected chi connectivity index (χ0v) is 10.0. The molecule has 2 heterocycles. The maximum atomic E-state index is 12.9. The Labute approximate surface area is 108 Å². The van der Waals surface area contributed by atoms with E-state index >= 15 is 0 Å². The van der Waals surface area contributed by atoms with Gasteiger partial charge in [-0.15, -0.1) is 0 Å². The lowest BCUT2D eigenvalue weighted by Crippen LogP contribution is -1.95. The fourth-order valence-corrected chi connectivity index (χ4v) is 2.15. The van der Waals surface area contributed by atoms with E-state index in [0.717, 1.165) is 5.56 Å². The van der Waals surface area contributed by atoms with Crippen molar-refractivity contribution in [2.24, 2.45) is 0 Å². The van der Waals surface area contributed by atoms with Crippen molar-refractivity contribution in [3.05, 3.63) is 53.4 Å². The molecule has 0 aliphatic carbocycles. The van der Waals surface area contributed by atoms with Crippen molar-refractivity contribution in [3.63, 3.8) is 0 Å². The first-order valence-electron chi connectivity index (χ1n) is 5.35. The number of halogens is 2. The van der Waals surface area contributed by atoms with Crippen LogP contribution in [0.4, 0.5) is 10.2 Å². The summed E-state index contributed by atoms with van der Waals surface area (Å²) in [6, 6.07) is 11.4. The van der Waals surface area contributed by atoms with Gasteiger partial charge < -0.3 is 5.73 Å². The molecule has 0 spiro atoms. The summed E-state index contributed by atoms with van der Waals surface area (Å²) in [6.07, 6.45) is 0. The molecule has 1 aromatic carbocycles. The van der Waals surface area contributed by atoms with Gasteiger partial charge in [0.25, 0.3) is 0 Å². The van der Waals surface area contributed by atoms with E-state index in [-0.39, 0.29) is 5.82 Å². The molecule has 0 radical (unpaired) electrons. The Morgan fingerprint density at radius 2 is 1.83 bits per heavy atom. The average molecular weight is 262 g/mol. The molecule has 0 fully saturated rings. The number of fused-ring (bicyclic) bond motifs is 1. The molecule has 3 aromatic rings. The maximum absolute atomic E-state index is 12.9. The molecule has 0 saturated heterocycles. The fraction of sp³-hybridized carbons (Fsp3) is 0. The van der Waals surface area contributed by atoms with E-state index in [9.17, 15) is 4.39 Å². The third-order valence-corrected chi connectivity index (χ3v) is 3.04. The normalized spacial score (nSPS) is 11.0. The van der Waals surface area contributed by atoms with E-state index in [4.69, 9.17) is 17.3 Å². The Bertz CT molecular complexity index is 719. The number of hydrogen-bond donors (Lipinski definition) is 1. The number of benzene rings is 1. The molecule has 3 rings (SSSR count). The van der Waals surface area contributed by atoms with Crippen LogP contribution >= 0.6 is 11.6 Å². The zero-order valence-electron chi connectivity index (χ0n) is 9.27. The molecule has 3 nitrogen and oxygen atoms in total. The molecule has 18 heavy (non-hydrogen) atoms. The number of anilines is 1. The lowest BCUT2D eigenvalue weighted by molar-refractivity contribution is 0.628. The molecule has 5 heteroatoms. The van der Waals surface area contributed by atoms with Gasteiger partial charge in [-0.1, -0.05) is 17.7 Å². The zero-order chi connectivity index (χ0) is 12.7. The van der Waals surface area contributed by atoms with Gasteiger partial charge in [-0.2, -0.15) is 0 Å². The third-order valence-electron chi connectivity index (χ3n) is 2.75. The molecule has 0 unspecified atom stereocenters. The van der Waals surface area contributed by atoms with Crippen LogP contribution in [0.25, 0.3) is 16.9 Å². The lowest BCUT2D eigenvalue weighted by atomic mass is 10.1. The first-order valence-corrected chi connectivity index (χ1v) is 5.73. The predicted octanol–water partition coefficient (Wildman–Crippen LogP) is 3.38. The van der Waals surface area contributed by atoms with Crippen molar-refractivity contribution in [1.29, 1.82) is 0 Å². The second kappa shape index (κ2) is 3.99. The van der Waals surface area contributed by atoms with Gasteiger partial charge in [-0.3, -0.25) is 4.40 Å². The molecule has 0 amide bonds. The van der Waals surface area contributed by atoms with Crippen LogP contribution in [0.5, 0.6) is 0 Å². The molecule has 0 saturated carbocycles. The summed E-state index contributed by atoms with van der Waals surface area (Å²) in [4.78, 5) is 4.40. The summed E-state index contributed by atoms with van der Waals surface area (Å²) < 4.78 is 14.5. The molecule has 2 aromatic heterocycles. The Morgan fingerprint density at radius 1 is 1.11 bits per heavy atom. The topological polar surface area (TPSA) is 43.3 Å². The van der Waals surface area contributed by atoms with Crippen LogP contribution in [0.1, 0.15) is 0 Å². The monoisotopic (exact) mass is 261 g/mol. The standard InChI is InChI=1S/C13H9ClFN3/c14-10-2-1-3-11-17-12(13(16)18(10)11)8-4-6-9(15)7-5-8/h1-7H,16H2. The number of imidazole rings is 1. The second-order valence-corrected chi connectivity index (χ2v) is 4.28. The first kappa shape index (κ1) is 11.0. The van der Waals surface area contributed by atoms with E-state index in [2.05, 4.69) is 4.98 Å². The van der Waals surface area contributed by atoms with E-state index in [1.54, 1.807) is 28.7 Å². The summed E-state index contributed by atoms with van der Waals surface area (Å²) in [6.45, 7) is 0. The highest BCUT2D eigenvalue weighted by molar-refractivity contribution is 6.30. The van der Waals surface area contributed by atoms with Gasteiger partial charge in [0.15, 0.2) is 0 Å². The summed E-state index contributed by atoms with van der Waals surface area (Å²) in [5.74, 6) is 0.154. The molecule has 0 aliphatic rings. The summed E-state index contributed by atoms with van der Waals surface area (Å²) in [5.41, 5.74) is 8.06. The molecule has 0 aliphatic heterocycles. The van der Waals surface area contributed by atoms with Crippen LogP contribution in [0.2, 0.25) is 5.15 Å². The minimum absolute atomic E-state index is 0.292. The second-order valence-electron chi connectivity index (χ2n) is 3.89. The Hall–Kier alpha value is -2.07. The van der Waals surface area contributed by atoms with E-state index < -0.39 is 0 Å². The molecule has 90 valence electrons. The van der Waals surface area contributed by atoms with Crippen molar-refractivity contribution >= 4 is 23.1 Å². The van der Waals surface area contributed by atoms with Gasteiger partial charge >= 0.3 is 0 Å². The quantitative estimate of drug-likeness (QED) is 0.683. The number of nitrogens with zero attached hydrogens (tertiary/aromatic N) is 2. The largest absolute Gasteiger partial charge is 0.383 e. The van der Waals surface area contributed by atoms with Crippen LogP contribution in [0, 0.1) is 5.82 Å².